The Labute approximate surface area is 177 Å². The van der Waals surface area contributed by atoms with Gasteiger partial charge in [-0.15, -0.1) is 0 Å². The van der Waals surface area contributed by atoms with E-state index in [4.69, 9.17) is 9.41 Å². The van der Waals surface area contributed by atoms with Gasteiger partial charge in [0.05, 0.1) is 18.8 Å². The highest BCUT2D eigenvalue weighted by Crippen LogP contribution is 2.19. The lowest BCUT2D eigenvalue weighted by Gasteiger charge is -2.36. The second-order valence-electron chi connectivity index (χ2n) is 7.48. The Kier molecular flexibility index (Phi) is 7.46. The van der Waals surface area contributed by atoms with Crippen molar-refractivity contribution in [1.82, 2.24) is 20.0 Å². The van der Waals surface area contributed by atoms with Crippen LogP contribution in [-0.4, -0.2) is 79.9 Å². The maximum absolute atomic E-state index is 13.3. The summed E-state index contributed by atoms with van der Waals surface area (Å²) in [5.41, 5.74) is 1.02. The standard InChI is InChI=1S/C22H30FN5O2/c1-4-24-22(25-16-19(26(2)3)17-7-9-18(23)10-8-17)28-13-11-27(12-14-28)21(29)20-6-5-15-30-20/h5-10,15,19H,4,11-14,16H2,1-3H3,(H,24,25). The third-order valence-electron chi connectivity index (χ3n) is 5.23. The maximum atomic E-state index is 13.3. The zero-order valence-corrected chi connectivity index (χ0v) is 17.8. The number of nitrogens with one attached hydrogen (secondary N) is 1. The number of guanidine groups is 1. The molecule has 0 bridgehead atoms. The van der Waals surface area contributed by atoms with Crippen LogP contribution < -0.4 is 5.32 Å². The normalized spacial score (nSPS) is 16.1. The van der Waals surface area contributed by atoms with Gasteiger partial charge in [0.2, 0.25) is 0 Å². The van der Waals surface area contributed by atoms with E-state index in [9.17, 15) is 9.18 Å². The molecule has 1 N–H and O–H groups in total. The number of halogens is 1. The van der Waals surface area contributed by atoms with Crippen molar-refractivity contribution in [2.75, 3.05) is 53.4 Å². The summed E-state index contributed by atoms with van der Waals surface area (Å²) in [7, 11) is 3.99. The van der Waals surface area contributed by atoms with Gasteiger partial charge in [0.25, 0.3) is 5.91 Å². The van der Waals surface area contributed by atoms with E-state index in [2.05, 4.69) is 15.1 Å². The van der Waals surface area contributed by atoms with Crippen molar-refractivity contribution in [3.8, 4) is 0 Å². The molecule has 1 amide bonds. The lowest BCUT2D eigenvalue weighted by atomic mass is 10.1. The number of hydrogen-bond acceptors (Lipinski definition) is 4. The van der Waals surface area contributed by atoms with Crippen LogP contribution in [0.1, 0.15) is 29.1 Å². The van der Waals surface area contributed by atoms with E-state index in [-0.39, 0.29) is 17.8 Å². The maximum Gasteiger partial charge on any atom is 0.289 e. The van der Waals surface area contributed by atoms with Crippen LogP contribution in [0.15, 0.2) is 52.1 Å². The van der Waals surface area contributed by atoms with Gasteiger partial charge in [-0.3, -0.25) is 9.79 Å². The van der Waals surface area contributed by atoms with Gasteiger partial charge in [-0.05, 0) is 50.8 Å². The quantitative estimate of drug-likeness (QED) is 0.580. The molecule has 0 radical (unpaired) electrons. The van der Waals surface area contributed by atoms with E-state index in [1.165, 1.54) is 18.4 Å². The van der Waals surface area contributed by atoms with Crippen LogP contribution >= 0.6 is 0 Å². The first-order chi connectivity index (χ1) is 14.5. The van der Waals surface area contributed by atoms with E-state index in [1.807, 2.05) is 33.2 Å². The molecule has 1 aromatic carbocycles. The van der Waals surface area contributed by atoms with Crippen molar-refractivity contribution in [2.24, 2.45) is 4.99 Å². The molecule has 1 saturated heterocycles. The average molecular weight is 416 g/mol. The van der Waals surface area contributed by atoms with Crippen molar-refractivity contribution in [3.63, 3.8) is 0 Å². The molecule has 0 spiro atoms. The highest BCUT2D eigenvalue weighted by Gasteiger charge is 2.25. The van der Waals surface area contributed by atoms with Gasteiger partial charge in [-0.2, -0.15) is 0 Å². The van der Waals surface area contributed by atoms with Crippen molar-refractivity contribution in [1.29, 1.82) is 0 Å². The number of carbonyl (C=O) groups excluding carboxylic acids is 1. The number of amides is 1. The second kappa shape index (κ2) is 10.2. The first-order valence-corrected chi connectivity index (χ1v) is 10.3. The van der Waals surface area contributed by atoms with Gasteiger partial charge in [-0.25, -0.2) is 4.39 Å². The summed E-state index contributed by atoms with van der Waals surface area (Å²) in [5, 5.41) is 3.35. The molecule has 3 rings (SSSR count). The molecule has 1 aliphatic rings. The highest BCUT2D eigenvalue weighted by molar-refractivity contribution is 5.91. The molecule has 0 aliphatic carbocycles. The van der Waals surface area contributed by atoms with Crippen molar-refractivity contribution < 1.29 is 13.6 Å². The SMILES string of the molecule is CCNC(=NCC(c1ccc(F)cc1)N(C)C)N1CCN(C(=O)c2ccco2)CC1. The predicted octanol–water partition coefficient (Wildman–Crippen LogP) is 2.44. The molecule has 8 heteroatoms. The van der Waals surface area contributed by atoms with Crippen molar-refractivity contribution in [3.05, 3.63) is 59.8 Å². The Balaban J connectivity index is 1.65. The zero-order valence-electron chi connectivity index (χ0n) is 17.8. The lowest BCUT2D eigenvalue weighted by molar-refractivity contribution is 0.0657. The molecule has 0 saturated carbocycles. The van der Waals surface area contributed by atoms with E-state index < -0.39 is 0 Å². The number of aliphatic imine (C=N–C) groups is 1. The summed E-state index contributed by atoms with van der Waals surface area (Å²) < 4.78 is 18.5. The molecule has 7 nitrogen and oxygen atoms in total. The van der Waals surface area contributed by atoms with Gasteiger partial charge in [0.1, 0.15) is 5.82 Å². The first-order valence-electron chi connectivity index (χ1n) is 10.3. The van der Waals surface area contributed by atoms with Crippen LogP contribution in [-0.2, 0) is 0 Å². The summed E-state index contributed by atoms with van der Waals surface area (Å²) in [6.45, 7) is 5.95. The number of furan rings is 1. The van der Waals surface area contributed by atoms with Crippen LogP contribution in [0.5, 0.6) is 0 Å². The summed E-state index contributed by atoms with van der Waals surface area (Å²) in [6.07, 6.45) is 1.52. The molecule has 1 atom stereocenters. The zero-order chi connectivity index (χ0) is 21.5. The number of benzene rings is 1. The van der Waals surface area contributed by atoms with Gasteiger partial charge >= 0.3 is 0 Å². The van der Waals surface area contributed by atoms with E-state index in [0.717, 1.165) is 18.1 Å². The minimum Gasteiger partial charge on any atom is -0.459 e. The predicted molar refractivity (Wildman–Crippen MR) is 115 cm³/mol. The highest BCUT2D eigenvalue weighted by atomic mass is 19.1. The number of piperazine rings is 1. The second-order valence-corrected chi connectivity index (χ2v) is 7.48. The molecule has 30 heavy (non-hydrogen) atoms. The monoisotopic (exact) mass is 415 g/mol. The van der Waals surface area contributed by atoms with Crippen molar-refractivity contribution in [2.45, 2.75) is 13.0 Å². The van der Waals surface area contributed by atoms with Gasteiger partial charge in [-0.1, -0.05) is 12.1 Å². The number of likely N-dealkylation sites (N-methyl/N-ethyl adjacent to an activating group) is 1. The third kappa shape index (κ3) is 5.38. The molecule has 2 aromatic rings. The first kappa shape index (κ1) is 21.8. The van der Waals surface area contributed by atoms with Crippen LogP contribution in [0.25, 0.3) is 0 Å². The fraction of sp³-hybridized carbons (Fsp3) is 0.455. The molecular formula is C22H30FN5O2. The summed E-state index contributed by atoms with van der Waals surface area (Å²) >= 11 is 0. The van der Waals surface area contributed by atoms with E-state index in [0.29, 0.717) is 38.5 Å². The van der Waals surface area contributed by atoms with Gasteiger partial charge in [0.15, 0.2) is 11.7 Å². The Hall–Kier alpha value is -2.87. The van der Waals surface area contributed by atoms with Gasteiger partial charge in [0, 0.05) is 32.7 Å². The fourth-order valence-electron chi connectivity index (χ4n) is 3.53. The van der Waals surface area contributed by atoms with Crippen LogP contribution in [0, 0.1) is 5.82 Å². The largest absolute Gasteiger partial charge is 0.459 e. The molecule has 1 fully saturated rings. The minimum absolute atomic E-state index is 0.0427. The summed E-state index contributed by atoms with van der Waals surface area (Å²) in [5.74, 6) is 0.884. The average Bonchev–Trinajstić information content (AvgIpc) is 3.29. The molecule has 162 valence electrons. The van der Waals surface area contributed by atoms with Gasteiger partial charge < -0.3 is 24.4 Å². The third-order valence-corrected chi connectivity index (χ3v) is 5.23. The van der Waals surface area contributed by atoms with E-state index in [1.54, 1.807) is 17.0 Å². The Morgan fingerprint density at radius 1 is 1.17 bits per heavy atom. The number of carbonyl (C=O) groups is 1. The molecule has 1 unspecified atom stereocenters. The smallest absolute Gasteiger partial charge is 0.289 e. The van der Waals surface area contributed by atoms with Crippen LogP contribution in [0.4, 0.5) is 4.39 Å². The van der Waals surface area contributed by atoms with E-state index >= 15 is 0 Å². The summed E-state index contributed by atoms with van der Waals surface area (Å²) in [6, 6.07) is 10.0. The topological polar surface area (TPSA) is 64.3 Å². The Morgan fingerprint density at radius 2 is 1.83 bits per heavy atom. The van der Waals surface area contributed by atoms with Crippen LogP contribution in [0.2, 0.25) is 0 Å². The van der Waals surface area contributed by atoms with Crippen LogP contribution in [0.3, 0.4) is 0 Å². The Morgan fingerprint density at radius 3 is 2.40 bits per heavy atom. The molecule has 1 aliphatic heterocycles. The molecule has 2 heterocycles. The summed E-state index contributed by atoms with van der Waals surface area (Å²) in [4.78, 5) is 23.4. The molecule has 1 aromatic heterocycles. The minimum atomic E-state index is -0.241. The number of rotatable bonds is 6. The number of nitrogens with zero attached hydrogens (tertiary/aromatic N) is 4. The Bertz CT molecular complexity index is 828. The lowest BCUT2D eigenvalue weighted by Crippen LogP contribution is -2.53. The molecular weight excluding hydrogens is 385 g/mol. The fourth-order valence-corrected chi connectivity index (χ4v) is 3.53. The van der Waals surface area contributed by atoms with Crippen molar-refractivity contribution >= 4 is 11.9 Å². The number of hydrogen-bond donors (Lipinski definition) is 1.